The van der Waals surface area contributed by atoms with Gasteiger partial charge in [0.25, 0.3) is 0 Å². The third kappa shape index (κ3) is 2.83. The first-order valence-corrected chi connectivity index (χ1v) is 7.74. The number of carbonyl (C=O) groups is 1. The number of rotatable bonds is 4. The summed E-state index contributed by atoms with van der Waals surface area (Å²) in [5.74, 6) is 0.794. The van der Waals surface area contributed by atoms with Gasteiger partial charge in [0.05, 0.1) is 6.10 Å². The first-order chi connectivity index (χ1) is 10.2. The number of aldehydes is 1. The van der Waals surface area contributed by atoms with Crippen LogP contribution in [0, 0.1) is 0 Å². The van der Waals surface area contributed by atoms with Crippen molar-refractivity contribution in [1.82, 2.24) is 0 Å². The van der Waals surface area contributed by atoms with Crippen molar-refractivity contribution in [3.05, 3.63) is 54.1 Å². The largest absolute Gasteiger partial charge is 0.491 e. The second-order valence-electron chi connectivity index (χ2n) is 5.18. The highest BCUT2D eigenvalue weighted by atomic mass is 32.1. The van der Waals surface area contributed by atoms with Crippen LogP contribution in [0.1, 0.15) is 24.2 Å². The van der Waals surface area contributed by atoms with E-state index >= 15 is 0 Å². The maximum Gasteiger partial charge on any atom is 0.150 e. The third-order valence-corrected chi connectivity index (χ3v) is 4.36. The minimum absolute atomic E-state index is 0.113. The average Bonchev–Trinajstić information content (AvgIpc) is 2.90. The highest BCUT2D eigenvalue weighted by Crippen LogP contribution is 2.36. The Morgan fingerprint density at radius 1 is 1.10 bits per heavy atom. The van der Waals surface area contributed by atoms with Crippen molar-refractivity contribution in [3.8, 4) is 16.2 Å². The zero-order chi connectivity index (χ0) is 14.8. The highest BCUT2D eigenvalue weighted by molar-refractivity contribution is 7.22. The van der Waals surface area contributed by atoms with Gasteiger partial charge in [-0.05, 0) is 49.6 Å². The number of carbonyl (C=O) groups excluding carboxylic acids is 1. The van der Waals surface area contributed by atoms with Gasteiger partial charge in [0.15, 0.2) is 6.29 Å². The van der Waals surface area contributed by atoms with Crippen LogP contribution in [0.5, 0.6) is 5.75 Å². The molecule has 2 nitrogen and oxygen atoms in total. The highest BCUT2D eigenvalue weighted by Gasteiger charge is 2.10. The fourth-order valence-electron chi connectivity index (χ4n) is 2.31. The van der Waals surface area contributed by atoms with E-state index in [1.165, 1.54) is 10.1 Å². The molecule has 0 fully saturated rings. The Balaban J connectivity index is 2.12. The van der Waals surface area contributed by atoms with Crippen molar-refractivity contribution in [2.45, 2.75) is 20.0 Å². The monoisotopic (exact) mass is 296 g/mol. The van der Waals surface area contributed by atoms with Gasteiger partial charge in [-0.3, -0.25) is 4.79 Å². The van der Waals surface area contributed by atoms with Crippen LogP contribution in [-0.2, 0) is 0 Å². The molecule has 0 aliphatic heterocycles. The third-order valence-electron chi connectivity index (χ3n) is 3.21. The molecule has 0 aliphatic carbocycles. The summed E-state index contributed by atoms with van der Waals surface area (Å²) in [5, 5.41) is 1.20. The van der Waals surface area contributed by atoms with Gasteiger partial charge < -0.3 is 4.74 Å². The van der Waals surface area contributed by atoms with Crippen LogP contribution in [0.25, 0.3) is 20.5 Å². The maximum atomic E-state index is 11.3. The van der Waals surface area contributed by atoms with Crippen LogP contribution in [0.15, 0.2) is 48.5 Å². The smallest absolute Gasteiger partial charge is 0.150 e. The lowest BCUT2D eigenvalue weighted by atomic mass is 10.1. The molecule has 0 amide bonds. The first kappa shape index (κ1) is 13.8. The van der Waals surface area contributed by atoms with E-state index in [0.717, 1.165) is 22.5 Å². The summed E-state index contributed by atoms with van der Waals surface area (Å²) in [6.07, 6.45) is 1.01. The lowest BCUT2D eigenvalue weighted by Gasteiger charge is -2.11. The van der Waals surface area contributed by atoms with Crippen molar-refractivity contribution >= 4 is 27.7 Å². The van der Waals surface area contributed by atoms with E-state index < -0.39 is 0 Å². The molecule has 0 unspecified atom stereocenters. The second kappa shape index (κ2) is 5.70. The van der Waals surface area contributed by atoms with Gasteiger partial charge in [0.1, 0.15) is 5.75 Å². The molecule has 0 radical (unpaired) electrons. The Kier molecular flexibility index (Phi) is 3.76. The predicted molar refractivity (Wildman–Crippen MR) is 88.4 cm³/mol. The number of hydrogen-bond donors (Lipinski definition) is 0. The topological polar surface area (TPSA) is 26.3 Å². The van der Waals surface area contributed by atoms with E-state index in [9.17, 15) is 4.79 Å². The molecular weight excluding hydrogens is 280 g/mol. The summed E-state index contributed by atoms with van der Waals surface area (Å²) in [6.45, 7) is 3.99. The van der Waals surface area contributed by atoms with Crippen molar-refractivity contribution < 1.29 is 9.53 Å². The molecule has 3 aromatic rings. The Labute approximate surface area is 128 Å². The molecule has 106 valence electrons. The molecule has 21 heavy (non-hydrogen) atoms. The van der Waals surface area contributed by atoms with Crippen LogP contribution in [0.4, 0.5) is 0 Å². The fraction of sp³-hybridized carbons (Fsp3) is 0.167. The van der Waals surface area contributed by atoms with E-state index in [1.807, 2.05) is 44.2 Å². The number of hydrogen-bond acceptors (Lipinski definition) is 3. The summed E-state index contributed by atoms with van der Waals surface area (Å²) in [6, 6.07) is 16.0. The van der Waals surface area contributed by atoms with E-state index in [1.54, 1.807) is 11.3 Å². The van der Waals surface area contributed by atoms with Crippen molar-refractivity contribution in [1.29, 1.82) is 0 Å². The zero-order valence-corrected chi connectivity index (χ0v) is 12.8. The fourth-order valence-corrected chi connectivity index (χ4v) is 3.41. The van der Waals surface area contributed by atoms with E-state index in [0.29, 0.717) is 5.56 Å². The Bertz CT molecular complexity index is 754. The second-order valence-corrected chi connectivity index (χ2v) is 6.27. The Morgan fingerprint density at radius 3 is 2.62 bits per heavy atom. The molecule has 0 bridgehead atoms. The molecule has 3 rings (SSSR count). The molecule has 0 aliphatic rings. The number of ether oxygens (including phenoxy) is 1. The van der Waals surface area contributed by atoms with E-state index in [-0.39, 0.29) is 6.10 Å². The zero-order valence-electron chi connectivity index (χ0n) is 12.0. The van der Waals surface area contributed by atoms with Crippen LogP contribution < -0.4 is 4.74 Å². The van der Waals surface area contributed by atoms with Gasteiger partial charge in [0, 0.05) is 20.7 Å². The number of benzene rings is 2. The molecule has 3 heteroatoms. The summed E-state index contributed by atoms with van der Waals surface area (Å²) in [4.78, 5) is 12.4. The first-order valence-electron chi connectivity index (χ1n) is 6.92. The molecule has 0 saturated carbocycles. The molecule has 1 heterocycles. The van der Waals surface area contributed by atoms with E-state index in [4.69, 9.17) is 4.74 Å². The molecule has 0 spiro atoms. The molecule has 2 aromatic carbocycles. The van der Waals surface area contributed by atoms with Gasteiger partial charge in [-0.25, -0.2) is 0 Å². The maximum absolute atomic E-state index is 11.3. The standard InChI is InChI=1S/C18H16O2S/c1-12(2)20-15-8-7-14(11-19)16(10-15)18-9-13-5-3-4-6-17(13)21-18/h3-12H,1-2H3. The summed E-state index contributed by atoms with van der Waals surface area (Å²) < 4.78 is 6.96. The van der Waals surface area contributed by atoms with Gasteiger partial charge in [-0.1, -0.05) is 18.2 Å². The van der Waals surface area contributed by atoms with Gasteiger partial charge in [-0.2, -0.15) is 0 Å². The Hall–Kier alpha value is -2.13. The quantitative estimate of drug-likeness (QED) is 0.621. The molecule has 0 saturated heterocycles. The van der Waals surface area contributed by atoms with Gasteiger partial charge in [0.2, 0.25) is 0 Å². The minimum atomic E-state index is 0.113. The molecule has 0 N–H and O–H groups in total. The summed E-state index contributed by atoms with van der Waals surface area (Å²) >= 11 is 1.69. The van der Waals surface area contributed by atoms with Crippen molar-refractivity contribution in [3.63, 3.8) is 0 Å². The van der Waals surface area contributed by atoms with Crippen LogP contribution in [-0.4, -0.2) is 12.4 Å². The molecular formula is C18H16O2S. The normalized spacial score (nSPS) is 11.0. The molecule has 1 aromatic heterocycles. The number of thiophene rings is 1. The minimum Gasteiger partial charge on any atom is -0.491 e. The lowest BCUT2D eigenvalue weighted by molar-refractivity contribution is 0.112. The van der Waals surface area contributed by atoms with Crippen molar-refractivity contribution in [2.24, 2.45) is 0 Å². The summed E-state index contributed by atoms with van der Waals surface area (Å²) in [7, 11) is 0. The SMILES string of the molecule is CC(C)Oc1ccc(C=O)c(-c2cc3ccccc3s2)c1. The van der Waals surface area contributed by atoms with Crippen LogP contribution in [0.2, 0.25) is 0 Å². The van der Waals surface area contributed by atoms with E-state index in [2.05, 4.69) is 18.2 Å². The average molecular weight is 296 g/mol. The number of fused-ring (bicyclic) bond motifs is 1. The van der Waals surface area contributed by atoms with Gasteiger partial charge in [-0.15, -0.1) is 11.3 Å². The Morgan fingerprint density at radius 2 is 1.90 bits per heavy atom. The van der Waals surface area contributed by atoms with Crippen molar-refractivity contribution in [2.75, 3.05) is 0 Å². The lowest BCUT2D eigenvalue weighted by Crippen LogP contribution is -2.05. The molecule has 0 atom stereocenters. The summed E-state index contributed by atoms with van der Waals surface area (Å²) in [5.41, 5.74) is 1.63. The van der Waals surface area contributed by atoms with Gasteiger partial charge >= 0.3 is 0 Å². The van der Waals surface area contributed by atoms with Crippen LogP contribution in [0.3, 0.4) is 0 Å². The van der Waals surface area contributed by atoms with Crippen LogP contribution >= 0.6 is 11.3 Å². The predicted octanol–water partition coefficient (Wildman–Crippen LogP) is 5.17.